The highest BCUT2D eigenvalue weighted by atomic mass is 16.5. The van der Waals surface area contributed by atoms with Gasteiger partial charge < -0.3 is 15.0 Å². The lowest BCUT2D eigenvalue weighted by atomic mass is 9.67. The number of nitrogens with zero attached hydrogens (tertiary/aromatic N) is 2. The molecule has 0 atom stereocenters. The molecular formula is C19H34N4O. The van der Waals surface area contributed by atoms with Crippen molar-refractivity contribution in [1.29, 1.82) is 0 Å². The molecule has 2 N–H and O–H groups in total. The van der Waals surface area contributed by atoms with Crippen LogP contribution in [-0.4, -0.2) is 54.5 Å². The van der Waals surface area contributed by atoms with Crippen molar-refractivity contribution in [2.75, 3.05) is 33.8 Å². The normalized spacial score (nSPS) is 29.6. The van der Waals surface area contributed by atoms with Crippen molar-refractivity contribution in [2.45, 2.75) is 64.0 Å². The molecule has 24 heavy (non-hydrogen) atoms. The summed E-state index contributed by atoms with van der Waals surface area (Å²) in [6.07, 6.45) is 8.33. The van der Waals surface area contributed by atoms with Crippen LogP contribution in [0.15, 0.2) is 6.20 Å². The van der Waals surface area contributed by atoms with E-state index in [4.69, 9.17) is 4.74 Å². The first-order chi connectivity index (χ1) is 11.4. The summed E-state index contributed by atoms with van der Waals surface area (Å²) in [5.74, 6) is 0.634. The van der Waals surface area contributed by atoms with Gasteiger partial charge in [-0.2, -0.15) is 5.10 Å². The molecular weight excluding hydrogens is 300 g/mol. The van der Waals surface area contributed by atoms with E-state index in [1.54, 1.807) is 0 Å². The van der Waals surface area contributed by atoms with Gasteiger partial charge in [0, 0.05) is 36.8 Å². The largest absolute Gasteiger partial charge is 0.375 e. The molecule has 1 saturated carbocycles. The topological polar surface area (TPSA) is 53.2 Å². The van der Waals surface area contributed by atoms with E-state index in [2.05, 4.69) is 41.3 Å². The minimum absolute atomic E-state index is 0.0714. The van der Waals surface area contributed by atoms with Crippen LogP contribution in [0.1, 0.15) is 63.1 Å². The highest BCUT2D eigenvalue weighted by molar-refractivity contribution is 5.21. The maximum absolute atomic E-state index is 6.04. The Balaban J connectivity index is 1.58. The van der Waals surface area contributed by atoms with E-state index in [9.17, 15) is 0 Å². The molecule has 0 bridgehead atoms. The number of ether oxygens (including phenoxy) is 1. The third kappa shape index (κ3) is 4.01. The molecule has 136 valence electrons. The summed E-state index contributed by atoms with van der Waals surface area (Å²) in [6.45, 7) is 8.48. The van der Waals surface area contributed by atoms with Gasteiger partial charge in [0.25, 0.3) is 0 Å². The maximum Gasteiger partial charge on any atom is 0.0632 e. The van der Waals surface area contributed by atoms with Gasteiger partial charge in [-0.3, -0.25) is 5.10 Å². The zero-order valence-electron chi connectivity index (χ0n) is 15.8. The zero-order valence-corrected chi connectivity index (χ0v) is 15.8. The van der Waals surface area contributed by atoms with Gasteiger partial charge in [-0.15, -0.1) is 0 Å². The fourth-order valence-electron chi connectivity index (χ4n) is 4.67. The summed E-state index contributed by atoms with van der Waals surface area (Å²) >= 11 is 0. The number of hydrogen-bond acceptors (Lipinski definition) is 4. The molecule has 0 aromatic carbocycles. The minimum Gasteiger partial charge on any atom is -0.375 e. The molecule has 3 rings (SSSR count). The molecule has 1 aliphatic carbocycles. The second-order valence-corrected chi connectivity index (χ2v) is 8.65. The third-order valence-electron chi connectivity index (χ3n) is 5.96. The van der Waals surface area contributed by atoms with Gasteiger partial charge in [0.15, 0.2) is 0 Å². The average molecular weight is 335 g/mol. The predicted octanol–water partition coefficient (Wildman–Crippen LogP) is 2.90. The van der Waals surface area contributed by atoms with Crippen LogP contribution in [0, 0.1) is 5.41 Å². The van der Waals surface area contributed by atoms with Gasteiger partial charge in [-0.05, 0) is 65.5 Å². The second kappa shape index (κ2) is 7.14. The highest BCUT2D eigenvalue weighted by Crippen LogP contribution is 2.51. The molecule has 0 radical (unpaired) electrons. The van der Waals surface area contributed by atoms with Crippen LogP contribution >= 0.6 is 0 Å². The summed E-state index contributed by atoms with van der Waals surface area (Å²) < 4.78 is 6.04. The SMILES string of the molecule is CNCCN(C)Cc1cn[nH]c1C1CCC2(CC1)COC(C)(C)C2. The van der Waals surface area contributed by atoms with Crippen molar-refractivity contribution < 1.29 is 4.74 Å². The lowest BCUT2D eigenvalue weighted by Gasteiger charge is -2.36. The molecule has 0 amide bonds. The van der Waals surface area contributed by atoms with E-state index in [-0.39, 0.29) is 5.60 Å². The number of aromatic amines is 1. The summed E-state index contributed by atoms with van der Waals surface area (Å²) in [5, 5.41) is 10.9. The van der Waals surface area contributed by atoms with Crippen molar-refractivity contribution in [1.82, 2.24) is 20.4 Å². The van der Waals surface area contributed by atoms with Gasteiger partial charge in [-0.25, -0.2) is 0 Å². The first-order valence-electron chi connectivity index (χ1n) is 9.42. The van der Waals surface area contributed by atoms with E-state index < -0.39 is 0 Å². The number of aromatic nitrogens is 2. The van der Waals surface area contributed by atoms with Crippen LogP contribution < -0.4 is 5.32 Å². The molecule has 1 aliphatic heterocycles. The van der Waals surface area contributed by atoms with E-state index >= 15 is 0 Å². The molecule has 1 saturated heterocycles. The average Bonchev–Trinajstić information content (AvgIpc) is 3.11. The van der Waals surface area contributed by atoms with Crippen LogP contribution in [0.3, 0.4) is 0 Å². The number of H-pyrrole nitrogens is 1. The summed E-state index contributed by atoms with van der Waals surface area (Å²) in [7, 11) is 4.19. The Bertz CT molecular complexity index is 531. The molecule has 1 aromatic rings. The Labute approximate surface area is 146 Å². The van der Waals surface area contributed by atoms with E-state index in [0.29, 0.717) is 11.3 Å². The standard InChI is InChI=1S/C19H34N4O/c1-18(2)13-19(14-24-18)7-5-15(6-8-19)17-16(11-21-22-17)12-23(4)10-9-20-3/h11,15,20H,5-10,12-14H2,1-4H3,(H,21,22). The van der Waals surface area contributed by atoms with Crippen LogP contribution in [-0.2, 0) is 11.3 Å². The van der Waals surface area contributed by atoms with Gasteiger partial charge in [0.1, 0.15) is 0 Å². The summed E-state index contributed by atoms with van der Waals surface area (Å²) in [6, 6.07) is 0. The van der Waals surface area contributed by atoms with Crippen LogP contribution in [0.2, 0.25) is 0 Å². The Morgan fingerprint density at radius 3 is 2.75 bits per heavy atom. The zero-order chi connectivity index (χ0) is 17.2. The number of likely N-dealkylation sites (N-methyl/N-ethyl adjacent to an activating group) is 2. The molecule has 5 heteroatoms. The molecule has 5 nitrogen and oxygen atoms in total. The maximum atomic E-state index is 6.04. The molecule has 2 fully saturated rings. The highest BCUT2D eigenvalue weighted by Gasteiger charge is 2.46. The fraction of sp³-hybridized carbons (Fsp3) is 0.842. The van der Waals surface area contributed by atoms with Gasteiger partial charge in [0.2, 0.25) is 0 Å². The molecule has 2 aliphatic rings. The van der Waals surface area contributed by atoms with Crippen molar-refractivity contribution in [3.05, 3.63) is 17.5 Å². The third-order valence-corrected chi connectivity index (χ3v) is 5.96. The van der Waals surface area contributed by atoms with E-state index in [1.807, 2.05) is 13.2 Å². The Morgan fingerprint density at radius 2 is 2.12 bits per heavy atom. The van der Waals surface area contributed by atoms with Crippen molar-refractivity contribution in [3.63, 3.8) is 0 Å². The summed E-state index contributed by atoms with van der Waals surface area (Å²) in [5.41, 5.74) is 3.25. The quantitative estimate of drug-likeness (QED) is 0.840. The number of hydrogen-bond donors (Lipinski definition) is 2. The Kier molecular flexibility index (Phi) is 5.33. The van der Waals surface area contributed by atoms with Crippen LogP contribution in [0.5, 0.6) is 0 Å². The lowest BCUT2D eigenvalue weighted by molar-refractivity contribution is 0.0280. The summed E-state index contributed by atoms with van der Waals surface area (Å²) in [4.78, 5) is 2.36. The van der Waals surface area contributed by atoms with Gasteiger partial charge in [-0.1, -0.05) is 0 Å². The molecule has 1 aromatic heterocycles. The van der Waals surface area contributed by atoms with Crippen LogP contribution in [0.4, 0.5) is 0 Å². The first-order valence-corrected chi connectivity index (χ1v) is 9.42. The fourth-order valence-corrected chi connectivity index (χ4v) is 4.67. The van der Waals surface area contributed by atoms with Crippen LogP contribution in [0.25, 0.3) is 0 Å². The Hall–Kier alpha value is -0.910. The molecule has 1 spiro atoms. The smallest absolute Gasteiger partial charge is 0.0632 e. The number of rotatable bonds is 6. The van der Waals surface area contributed by atoms with E-state index in [1.165, 1.54) is 43.4 Å². The van der Waals surface area contributed by atoms with E-state index in [0.717, 1.165) is 26.2 Å². The monoisotopic (exact) mass is 334 g/mol. The predicted molar refractivity (Wildman–Crippen MR) is 97.1 cm³/mol. The van der Waals surface area contributed by atoms with Crippen molar-refractivity contribution in [3.8, 4) is 0 Å². The lowest BCUT2D eigenvalue weighted by Crippen LogP contribution is -2.30. The second-order valence-electron chi connectivity index (χ2n) is 8.65. The van der Waals surface area contributed by atoms with Crippen molar-refractivity contribution >= 4 is 0 Å². The minimum atomic E-state index is 0.0714. The first kappa shape index (κ1) is 17.9. The molecule has 0 unspecified atom stereocenters. The Morgan fingerprint density at radius 1 is 1.38 bits per heavy atom. The van der Waals surface area contributed by atoms with Gasteiger partial charge in [0.05, 0.1) is 18.4 Å². The number of nitrogens with one attached hydrogen (secondary N) is 2. The molecule has 2 heterocycles. The van der Waals surface area contributed by atoms with Crippen molar-refractivity contribution in [2.24, 2.45) is 5.41 Å². The van der Waals surface area contributed by atoms with Gasteiger partial charge >= 0.3 is 0 Å².